The van der Waals surface area contributed by atoms with Crippen molar-refractivity contribution < 1.29 is 4.21 Å². The van der Waals surface area contributed by atoms with Crippen molar-refractivity contribution in [2.45, 2.75) is 36.2 Å². The van der Waals surface area contributed by atoms with E-state index < -0.39 is 10.8 Å². The summed E-state index contributed by atoms with van der Waals surface area (Å²) in [6.07, 6.45) is 5.23. The molecule has 2 fully saturated rings. The fraction of sp³-hybridized carbons (Fsp3) is 1.00. The van der Waals surface area contributed by atoms with Gasteiger partial charge in [0.1, 0.15) is 0 Å². The van der Waals surface area contributed by atoms with Crippen LogP contribution in [0.1, 0.15) is 25.7 Å². The predicted molar refractivity (Wildman–Crippen MR) is 51.5 cm³/mol. The number of thioether (sulfide) groups is 1. The molecule has 11 heavy (non-hydrogen) atoms. The molecule has 0 aromatic heterocycles. The predicted octanol–water partition coefficient (Wildman–Crippen LogP) is 1.79. The molecule has 0 radical (unpaired) electrons. The Bertz CT molecular complexity index is 167. The monoisotopic (exact) mass is 190 g/mol. The highest BCUT2D eigenvalue weighted by Gasteiger charge is 2.32. The van der Waals surface area contributed by atoms with E-state index in [1.54, 1.807) is 0 Å². The topological polar surface area (TPSA) is 17.1 Å². The van der Waals surface area contributed by atoms with Gasteiger partial charge in [-0.2, -0.15) is 11.8 Å². The number of hydrogen-bond acceptors (Lipinski definition) is 2. The van der Waals surface area contributed by atoms with E-state index in [1.807, 2.05) is 0 Å². The summed E-state index contributed by atoms with van der Waals surface area (Å²) in [6.45, 7) is 0. The van der Waals surface area contributed by atoms with E-state index in [-0.39, 0.29) is 0 Å². The van der Waals surface area contributed by atoms with Crippen molar-refractivity contribution in [1.82, 2.24) is 0 Å². The van der Waals surface area contributed by atoms with Gasteiger partial charge < -0.3 is 0 Å². The average Bonchev–Trinajstić information content (AvgIpc) is 2.06. The van der Waals surface area contributed by atoms with E-state index in [1.165, 1.54) is 25.7 Å². The molecule has 1 heterocycles. The molecule has 1 saturated carbocycles. The van der Waals surface area contributed by atoms with Crippen LogP contribution in [-0.2, 0) is 10.8 Å². The molecule has 1 aliphatic carbocycles. The van der Waals surface area contributed by atoms with Gasteiger partial charge in [0.05, 0.1) is 0 Å². The molecular weight excluding hydrogens is 176 g/mol. The summed E-state index contributed by atoms with van der Waals surface area (Å²) in [7, 11) is -0.478. The maximum Gasteiger partial charge on any atom is 0.0467 e. The number of fused-ring (bicyclic) bond motifs is 1. The van der Waals surface area contributed by atoms with Crippen LogP contribution in [0.4, 0.5) is 0 Å². The van der Waals surface area contributed by atoms with Gasteiger partial charge in [-0.05, 0) is 12.8 Å². The van der Waals surface area contributed by atoms with E-state index in [0.29, 0.717) is 5.25 Å². The average molecular weight is 190 g/mol. The van der Waals surface area contributed by atoms with Crippen molar-refractivity contribution in [3.05, 3.63) is 0 Å². The molecule has 0 aromatic carbocycles. The highest BCUT2D eigenvalue weighted by Crippen LogP contribution is 2.35. The molecule has 0 aromatic rings. The summed E-state index contributed by atoms with van der Waals surface area (Å²) >= 11 is 2.06. The molecule has 1 aliphatic heterocycles. The third kappa shape index (κ3) is 1.64. The van der Waals surface area contributed by atoms with E-state index in [4.69, 9.17) is 0 Å². The number of hydrogen-bond donors (Lipinski definition) is 0. The van der Waals surface area contributed by atoms with Crippen LogP contribution in [0.15, 0.2) is 0 Å². The third-order valence-corrected chi connectivity index (χ3v) is 6.31. The van der Waals surface area contributed by atoms with Gasteiger partial charge in [0.2, 0.25) is 0 Å². The Balaban J connectivity index is 2.05. The van der Waals surface area contributed by atoms with Crippen LogP contribution in [0.2, 0.25) is 0 Å². The molecule has 3 atom stereocenters. The van der Waals surface area contributed by atoms with Gasteiger partial charge in [0, 0.05) is 32.8 Å². The lowest BCUT2D eigenvalue weighted by atomic mass is 10.00. The molecule has 0 amide bonds. The smallest absolute Gasteiger partial charge is 0.0467 e. The first kappa shape index (κ1) is 8.11. The largest absolute Gasteiger partial charge is 0.259 e. The Hall–Kier alpha value is 0.500. The quantitative estimate of drug-likeness (QED) is 0.579. The Kier molecular flexibility index (Phi) is 2.57. The van der Waals surface area contributed by atoms with E-state index in [2.05, 4.69) is 11.8 Å². The SMILES string of the molecule is O=S1CCSC2CCCCC21. The van der Waals surface area contributed by atoms with Crippen LogP contribution >= 0.6 is 11.8 Å². The van der Waals surface area contributed by atoms with Gasteiger partial charge in [0.25, 0.3) is 0 Å². The Morgan fingerprint density at radius 2 is 2.09 bits per heavy atom. The maximum atomic E-state index is 11.5. The Labute approximate surface area is 74.8 Å². The van der Waals surface area contributed by atoms with Gasteiger partial charge in [0.15, 0.2) is 0 Å². The molecular formula is C8H14OS2. The first-order valence-corrected chi connectivity index (χ1v) is 6.80. The van der Waals surface area contributed by atoms with Gasteiger partial charge in [-0.1, -0.05) is 12.8 Å². The van der Waals surface area contributed by atoms with Crippen LogP contribution in [0, 0.1) is 0 Å². The fourth-order valence-electron chi connectivity index (χ4n) is 1.99. The van der Waals surface area contributed by atoms with Crippen LogP contribution < -0.4 is 0 Å². The lowest BCUT2D eigenvalue weighted by Gasteiger charge is -2.33. The van der Waals surface area contributed by atoms with Crippen LogP contribution in [0.3, 0.4) is 0 Å². The summed E-state index contributed by atoms with van der Waals surface area (Å²) in [5.41, 5.74) is 0. The summed E-state index contributed by atoms with van der Waals surface area (Å²) < 4.78 is 11.5. The molecule has 0 N–H and O–H groups in total. The second-order valence-corrected chi connectivity index (χ2v) is 6.44. The molecule has 3 heteroatoms. The van der Waals surface area contributed by atoms with Crippen molar-refractivity contribution >= 4 is 22.6 Å². The summed E-state index contributed by atoms with van der Waals surface area (Å²) in [4.78, 5) is 0. The van der Waals surface area contributed by atoms with Crippen LogP contribution in [0.25, 0.3) is 0 Å². The van der Waals surface area contributed by atoms with Crippen LogP contribution in [0.5, 0.6) is 0 Å². The zero-order valence-electron chi connectivity index (χ0n) is 6.62. The molecule has 2 aliphatic rings. The first-order chi connectivity index (χ1) is 5.38. The second-order valence-electron chi connectivity index (χ2n) is 3.32. The van der Waals surface area contributed by atoms with Gasteiger partial charge in [-0.15, -0.1) is 0 Å². The summed E-state index contributed by atoms with van der Waals surface area (Å²) in [5.74, 6) is 2.08. The van der Waals surface area contributed by atoms with E-state index in [9.17, 15) is 4.21 Å². The van der Waals surface area contributed by atoms with Crippen molar-refractivity contribution in [3.8, 4) is 0 Å². The van der Waals surface area contributed by atoms with E-state index in [0.717, 1.165) is 16.8 Å². The van der Waals surface area contributed by atoms with Crippen molar-refractivity contribution in [2.75, 3.05) is 11.5 Å². The fourth-order valence-corrected chi connectivity index (χ4v) is 5.83. The second kappa shape index (κ2) is 3.48. The van der Waals surface area contributed by atoms with Crippen molar-refractivity contribution in [1.29, 1.82) is 0 Å². The molecule has 2 rings (SSSR count). The normalized spacial score (nSPS) is 44.9. The maximum absolute atomic E-state index is 11.5. The molecule has 3 unspecified atom stereocenters. The molecule has 0 spiro atoms. The Morgan fingerprint density at radius 1 is 1.27 bits per heavy atom. The summed E-state index contributed by atoms with van der Waals surface area (Å²) in [5, 5.41) is 1.31. The zero-order chi connectivity index (χ0) is 7.68. The first-order valence-electron chi connectivity index (χ1n) is 4.37. The lowest BCUT2D eigenvalue weighted by Crippen LogP contribution is -2.37. The van der Waals surface area contributed by atoms with E-state index >= 15 is 0 Å². The van der Waals surface area contributed by atoms with Gasteiger partial charge >= 0.3 is 0 Å². The molecule has 0 bridgehead atoms. The Morgan fingerprint density at radius 3 is 2.91 bits per heavy atom. The van der Waals surface area contributed by atoms with Crippen molar-refractivity contribution in [2.24, 2.45) is 0 Å². The van der Waals surface area contributed by atoms with Gasteiger partial charge in [-0.3, -0.25) is 4.21 Å². The van der Waals surface area contributed by atoms with Crippen LogP contribution in [-0.4, -0.2) is 26.2 Å². The molecule has 64 valence electrons. The van der Waals surface area contributed by atoms with Gasteiger partial charge in [-0.25, -0.2) is 0 Å². The standard InChI is InChI=1S/C8H14OS2/c9-11-6-5-10-7-3-1-2-4-8(7)11/h7-8H,1-6H2. The highest BCUT2D eigenvalue weighted by molar-refractivity contribution is 8.03. The number of rotatable bonds is 0. The third-order valence-electron chi connectivity index (χ3n) is 2.60. The van der Waals surface area contributed by atoms with Crippen molar-refractivity contribution in [3.63, 3.8) is 0 Å². The zero-order valence-corrected chi connectivity index (χ0v) is 8.26. The highest BCUT2D eigenvalue weighted by atomic mass is 32.2. The molecule has 1 nitrogen and oxygen atoms in total. The minimum atomic E-state index is -0.478. The molecule has 1 saturated heterocycles. The summed E-state index contributed by atoms with van der Waals surface area (Å²) in [6, 6.07) is 0. The minimum Gasteiger partial charge on any atom is -0.259 e. The lowest BCUT2D eigenvalue weighted by molar-refractivity contribution is 0.513. The minimum absolute atomic E-state index is 0.478.